The molecule has 0 fully saturated rings. The largest absolute Gasteiger partial charge is 0.340 e. The number of sulfone groups is 1. The lowest BCUT2D eigenvalue weighted by molar-refractivity contribution is -0.131. The summed E-state index contributed by atoms with van der Waals surface area (Å²) in [5.74, 6) is -1.69. The lowest BCUT2D eigenvalue weighted by Gasteiger charge is -2.16. The minimum Gasteiger partial charge on any atom is -0.340 e. The van der Waals surface area contributed by atoms with Gasteiger partial charge < -0.3 is 5.32 Å². The van der Waals surface area contributed by atoms with Crippen LogP contribution in [-0.4, -0.2) is 43.5 Å². The first-order chi connectivity index (χ1) is 13.7. The number of rotatable bonds is 9. The number of hydroxylamine groups is 1. The Morgan fingerprint density at radius 1 is 1.00 bits per heavy atom. The standard InChI is InChI=1S/C21H26N2O5S/c1-3-4-15-5-7-16(8-6-15)17-9-11-18(12-10-17)20(24)22-19(21(25)23-26)13-14-29(2,27)28/h5-12,19,26H,3-4,13-14H2,1-2H3,(H,22,24)(H,23,25). The van der Waals surface area contributed by atoms with Crippen LogP contribution in [0.15, 0.2) is 48.5 Å². The first kappa shape index (κ1) is 22.6. The molecule has 0 saturated carbocycles. The zero-order valence-electron chi connectivity index (χ0n) is 16.5. The monoisotopic (exact) mass is 418 g/mol. The number of carbonyl (C=O) groups excluding carboxylic acids is 2. The molecule has 2 amide bonds. The van der Waals surface area contributed by atoms with Crippen LogP contribution >= 0.6 is 0 Å². The minimum absolute atomic E-state index is 0.140. The number of nitrogens with one attached hydrogen (secondary N) is 2. The molecule has 2 aromatic rings. The molecule has 0 aliphatic heterocycles. The van der Waals surface area contributed by atoms with Crippen molar-refractivity contribution in [1.29, 1.82) is 0 Å². The summed E-state index contributed by atoms with van der Waals surface area (Å²) >= 11 is 0. The third-order valence-electron chi connectivity index (χ3n) is 4.48. The fourth-order valence-electron chi connectivity index (χ4n) is 2.89. The Hall–Kier alpha value is -2.71. The summed E-state index contributed by atoms with van der Waals surface area (Å²) in [7, 11) is -3.32. The van der Waals surface area contributed by atoms with E-state index in [1.165, 1.54) is 11.0 Å². The molecule has 8 heteroatoms. The van der Waals surface area contributed by atoms with Crippen LogP contribution in [0.1, 0.15) is 35.7 Å². The Labute approximate surface area is 171 Å². The van der Waals surface area contributed by atoms with Gasteiger partial charge in [-0.25, -0.2) is 13.9 Å². The van der Waals surface area contributed by atoms with Crippen LogP contribution in [0.25, 0.3) is 11.1 Å². The third kappa shape index (κ3) is 6.99. The predicted molar refractivity (Wildman–Crippen MR) is 111 cm³/mol. The molecule has 0 heterocycles. The van der Waals surface area contributed by atoms with Gasteiger partial charge in [-0.3, -0.25) is 14.8 Å². The highest BCUT2D eigenvalue weighted by Gasteiger charge is 2.22. The molecule has 3 N–H and O–H groups in total. The van der Waals surface area contributed by atoms with Crippen LogP contribution in [0.3, 0.4) is 0 Å². The van der Waals surface area contributed by atoms with E-state index in [9.17, 15) is 18.0 Å². The van der Waals surface area contributed by atoms with Crippen molar-refractivity contribution >= 4 is 21.7 Å². The summed E-state index contributed by atoms with van der Waals surface area (Å²) in [5.41, 5.74) is 5.03. The Kier molecular flexibility index (Phi) is 7.92. The molecule has 1 atom stereocenters. The first-order valence-corrected chi connectivity index (χ1v) is 11.4. The van der Waals surface area contributed by atoms with Gasteiger partial charge in [0.25, 0.3) is 11.8 Å². The molecule has 0 saturated heterocycles. The lowest BCUT2D eigenvalue weighted by atomic mass is 10.0. The van der Waals surface area contributed by atoms with Crippen molar-refractivity contribution in [2.24, 2.45) is 0 Å². The van der Waals surface area contributed by atoms with Crippen molar-refractivity contribution in [3.8, 4) is 11.1 Å². The van der Waals surface area contributed by atoms with Crippen LogP contribution < -0.4 is 10.8 Å². The summed E-state index contributed by atoms with van der Waals surface area (Å²) in [6.07, 6.45) is 3.01. The Morgan fingerprint density at radius 2 is 1.55 bits per heavy atom. The Morgan fingerprint density at radius 3 is 2.03 bits per heavy atom. The number of amides is 2. The fourth-order valence-corrected chi connectivity index (χ4v) is 3.55. The van der Waals surface area contributed by atoms with Gasteiger partial charge >= 0.3 is 0 Å². The maximum Gasteiger partial charge on any atom is 0.265 e. The van der Waals surface area contributed by atoms with E-state index >= 15 is 0 Å². The highest BCUT2D eigenvalue weighted by molar-refractivity contribution is 7.90. The second-order valence-electron chi connectivity index (χ2n) is 6.94. The number of aryl methyl sites for hydroxylation is 1. The van der Waals surface area contributed by atoms with Gasteiger partial charge in [-0.15, -0.1) is 0 Å². The van der Waals surface area contributed by atoms with Crippen LogP contribution in [0.5, 0.6) is 0 Å². The maximum absolute atomic E-state index is 12.4. The van der Waals surface area contributed by atoms with E-state index in [1.807, 2.05) is 12.1 Å². The Balaban J connectivity index is 2.08. The van der Waals surface area contributed by atoms with Crippen molar-refractivity contribution in [2.45, 2.75) is 32.2 Å². The van der Waals surface area contributed by atoms with Gasteiger partial charge in [-0.05, 0) is 41.7 Å². The van der Waals surface area contributed by atoms with E-state index in [0.717, 1.165) is 30.2 Å². The second kappa shape index (κ2) is 10.2. The molecule has 2 rings (SSSR count). The molecule has 0 aliphatic carbocycles. The molecule has 7 nitrogen and oxygen atoms in total. The normalized spacial score (nSPS) is 12.2. The third-order valence-corrected chi connectivity index (χ3v) is 5.46. The van der Waals surface area contributed by atoms with E-state index in [2.05, 4.69) is 24.4 Å². The molecular weight excluding hydrogens is 392 g/mol. The van der Waals surface area contributed by atoms with E-state index in [4.69, 9.17) is 5.21 Å². The zero-order valence-corrected chi connectivity index (χ0v) is 17.3. The quantitative estimate of drug-likeness (QED) is 0.427. The van der Waals surface area contributed by atoms with Gasteiger partial charge in [-0.1, -0.05) is 49.7 Å². The summed E-state index contributed by atoms with van der Waals surface area (Å²) in [6, 6.07) is 14.0. The fraction of sp³-hybridized carbons (Fsp3) is 0.333. The molecule has 2 aromatic carbocycles. The molecule has 0 spiro atoms. The van der Waals surface area contributed by atoms with Crippen LogP contribution in [0.4, 0.5) is 0 Å². The number of hydrogen-bond acceptors (Lipinski definition) is 5. The SMILES string of the molecule is CCCc1ccc(-c2ccc(C(=O)NC(CCS(C)(=O)=O)C(=O)NO)cc2)cc1. The summed E-state index contributed by atoms with van der Waals surface area (Å²) in [6.45, 7) is 2.13. The van der Waals surface area contributed by atoms with E-state index in [0.29, 0.717) is 5.56 Å². The molecule has 1 unspecified atom stereocenters. The van der Waals surface area contributed by atoms with Gasteiger partial charge in [0, 0.05) is 11.8 Å². The molecule has 29 heavy (non-hydrogen) atoms. The van der Waals surface area contributed by atoms with Crippen molar-refractivity contribution in [3.05, 3.63) is 59.7 Å². The van der Waals surface area contributed by atoms with Crippen LogP contribution in [0.2, 0.25) is 0 Å². The summed E-state index contributed by atoms with van der Waals surface area (Å²) in [4.78, 5) is 24.2. The van der Waals surface area contributed by atoms with Crippen LogP contribution in [0, 0.1) is 0 Å². The summed E-state index contributed by atoms with van der Waals surface area (Å²) < 4.78 is 22.7. The van der Waals surface area contributed by atoms with Crippen molar-refractivity contribution < 1.29 is 23.2 Å². The molecule has 0 aromatic heterocycles. The number of benzene rings is 2. The van der Waals surface area contributed by atoms with E-state index in [1.54, 1.807) is 24.3 Å². The van der Waals surface area contributed by atoms with Crippen molar-refractivity contribution in [3.63, 3.8) is 0 Å². The van der Waals surface area contributed by atoms with Gasteiger partial charge in [0.1, 0.15) is 15.9 Å². The minimum atomic E-state index is -3.32. The molecule has 0 aliphatic rings. The smallest absolute Gasteiger partial charge is 0.265 e. The molecule has 156 valence electrons. The van der Waals surface area contributed by atoms with Gasteiger partial charge in [0.2, 0.25) is 0 Å². The van der Waals surface area contributed by atoms with Gasteiger partial charge in [-0.2, -0.15) is 0 Å². The molecular formula is C21H26N2O5S. The highest BCUT2D eigenvalue weighted by Crippen LogP contribution is 2.21. The molecule has 0 radical (unpaired) electrons. The number of hydrogen-bond donors (Lipinski definition) is 3. The topological polar surface area (TPSA) is 113 Å². The van der Waals surface area contributed by atoms with E-state index in [-0.39, 0.29) is 12.2 Å². The lowest BCUT2D eigenvalue weighted by Crippen LogP contribution is -2.46. The predicted octanol–water partition coefficient (Wildman–Crippen LogP) is 2.34. The van der Waals surface area contributed by atoms with Gasteiger partial charge in [0.05, 0.1) is 5.75 Å². The maximum atomic E-state index is 12.4. The second-order valence-corrected chi connectivity index (χ2v) is 9.20. The van der Waals surface area contributed by atoms with Crippen molar-refractivity contribution in [2.75, 3.05) is 12.0 Å². The molecule has 0 bridgehead atoms. The first-order valence-electron chi connectivity index (χ1n) is 9.35. The zero-order chi connectivity index (χ0) is 21.4. The average Bonchev–Trinajstić information content (AvgIpc) is 2.70. The highest BCUT2D eigenvalue weighted by atomic mass is 32.2. The van der Waals surface area contributed by atoms with Gasteiger partial charge in [0.15, 0.2) is 0 Å². The van der Waals surface area contributed by atoms with Crippen LogP contribution in [-0.2, 0) is 21.1 Å². The average molecular weight is 419 g/mol. The number of carbonyl (C=O) groups is 2. The van der Waals surface area contributed by atoms with Crippen molar-refractivity contribution in [1.82, 2.24) is 10.8 Å². The summed E-state index contributed by atoms with van der Waals surface area (Å²) in [5, 5.41) is 11.3. The Bertz CT molecular complexity index is 938. The van der Waals surface area contributed by atoms with E-state index < -0.39 is 27.7 Å².